The van der Waals surface area contributed by atoms with Gasteiger partial charge in [-0.2, -0.15) is 0 Å². The van der Waals surface area contributed by atoms with Crippen molar-refractivity contribution in [3.05, 3.63) is 62.6 Å². The third-order valence-electron chi connectivity index (χ3n) is 2.88. The molecule has 0 aliphatic rings. The Morgan fingerprint density at radius 2 is 1.62 bits per heavy atom. The lowest BCUT2D eigenvalue weighted by atomic mass is 10.2. The van der Waals surface area contributed by atoms with Gasteiger partial charge in [0, 0.05) is 0 Å². The van der Waals surface area contributed by atoms with Gasteiger partial charge in [0.15, 0.2) is 5.11 Å². The van der Waals surface area contributed by atoms with Crippen molar-refractivity contribution in [1.82, 2.24) is 5.32 Å². The summed E-state index contributed by atoms with van der Waals surface area (Å²) in [6, 6.07) is 8.96. The second-order valence-electron chi connectivity index (χ2n) is 4.51. The maximum Gasteiger partial charge on any atom is 0.337 e. The average Bonchev–Trinajstić information content (AvgIpc) is 2.49. The van der Waals surface area contributed by atoms with Crippen LogP contribution in [0.4, 0.5) is 5.69 Å². The van der Waals surface area contributed by atoms with E-state index in [2.05, 4.69) is 10.6 Å². The number of hydrogen-bond donors (Lipinski definition) is 3. The molecule has 0 atom stereocenters. The number of carbonyl (C=O) groups excluding carboxylic acids is 1. The number of carboxylic acids is 1. The lowest BCUT2D eigenvalue weighted by Crippen LogP contribution is -2.34. The van der Waals surface area contributed by atoms with Gasteiger partial charge in [-0.15, -0.1) is 0 Å². The molecule has 0 aliphatic carbocycles. The summed E-state index contributed by atoms with van der Waals surface area (Å²) in [6.45, 7) is 0. The molecule has 0 unspecified atom stereocenters. The highest BCUT2D eigenvalue weighted by atomic mass is 35.5. The van der Waals surface area contributed by atoms with Gasteiger partial charge < -0.3 is 10.4 Å². The van der Waals surface area contributed by atoms with E-state index in [4.69, 9.17) is 52.1 Å². The molecule has 9 heteroatoms. The molecule has 2 aromatic rings. The van der Waals surface area contributed by atoms with Gasteiger partial charge in [0.2, 0.25) is 0 Å². The summed E-state index contributed by atoms with van der Waals surface area (Å²) in [4.78, 5) is 23.2. The lowest BCUT2D eigenvalue weighted by molar-refractivity contribution is 0.0697. The van der Waals surface area contributed by atoms with Gasteiger partial charge in [-0.1, -0.05) is 46.9 Å². The number of nitrogens with one attached hydrogen (secondary N) is 2. The maximum absolute atomic E-state index is 12.1. The molecule has 0 spiro atoms. The zero-order valence-electron chi connectivity index (χ0n) is 11.8. The number of hydrogen-bond acceptors (Lipinski definition) is 3. The molecule has 5 nitrogen and oxygen atoms in total. The van der Waals surface area contributed by atoms with E-state index in [-0.39, 0.29) is 37.0 Å². The standard InChI is InChI=1S/C15H9Cl3N2O3S/c16-9-4-2-1-3-7(9)13(21)20-15(24)19-12-5-8(14(22)23)10(17)6-11(12)18/h1-6H,(H,22,23)(H2,19,20,21,24). The molecule has 0 aromatic heterocycles. The van der Waals surface area contributed by atoms with Crippen molar-refractivity contribution in [2.75, 3.05) is 5.32 Å². The Hall–Kier alpha value is -1.86. The van der Waals surface area contributed by atoms with E-state index in [1.807, 2.05) is 0 Å². The second-order valence-corrected chi connectivity index (χ2v) is 6.13. The Balaban J connectivity index is 2.16. The number of aromatic carboxylic acids is 1. The number of rotatable bonds is 3. The number of anilines is 1. The highest BCUT2D eigenvalue weighted by Crippen LogP contribution is 2.29. The number of thiocarbonyl (C=S) groups is 1. The van der Waals surface area contributed by atoms with Crippen molar-refractivity contribution in [3.8, 4) is 0 Å². The molecule has 0 saturated carbocycles. The molecule has 0 radical (unpaired) electrons. The van der Waals surface area contributed by atoms with Crippen LogP contribution in [0.3, 0.4) is 0 Å². The van der Waals surface area contributed by atoms with Crippen LogP contribution in [0.2, 0.25) is 15.1 Å². The van der Waals surface area contributed by atoms with E-state index >= 15 is 0 Å². The normalized spacial score (nSPS) is 10.1. The van der Waals surface area contributed by atoms with E-state index < -0.39 is 11.9 Å². The van der Waals surface area contributed by atoms with Crippen LogP contribution < -0.4 is 10.6 Å². The first-order chi connectivity index (χ1) is 11.3. The van der Waals surface area contributed by atoms with Crippen LogP contribution in [0.1, 0.15) is 20.7 Å². The molecule has 3 N–H and O–H groups in total. The fourth-order valence-electron chi connectivity index (χ4n) is 1.78. The van der Waals surface area contributed by atoms with Gasteiger partial charge in [-0.05, 0) is 36.5 Å². The Morgan fingerprint density at radius 1 is 0.958 bits per heavy atom. The SMILES string of the molecule is O=C(O)c1cc(NC(=S)NC(=O)c2ccccc2Cl)c(Cl)cc1Cl. The summed E-state index contributed by atoms with van der Waals surface area (Å²) in [5.41, 5.74) is 0.295. The van der Waals surface area contributed by atoms with Crippen molar-refractivity contribution in [2.24, 2.45) is 0 Å². The van der Waals surface area contributed by atoms with Gasteiger partial charge in [-0.3, -0.25) is 10.1 Å². The van der Waals surface area contributed by atoms with Gasteiger partial charge in [0.1, 0.15) is 0 Å². The Kier molecular flexibility index (Phi) is 6.01. The summed E-state index contributed by atoms with van der Waals surface area (Å²) in [6.07, 6.45) is 0. The lowest BCUT2D eigenvalue weighted by Gasteiger charge is -2.12. The predicted molar refractivity (Wildman–Crippen MR) is 98.6 cm³/mol. The summed E-state index contributed by atoms with van der Waals surface area (Å²) < 4.78 is 0. The third-order valence-corrected chi connectivity index (χ3v) is 4.04. The van der Waals surface area contributed by atoms with Crippen LogP contribution in [0, 0.1) is 0 Å². The predicted octanol–water partition coefficient (Wildman–Crippen LogP) is 4.47. The highest BCUT2D eigenvalue weighted by Gasteiger charge is 2.15. The maximum atomic E-state index is 12.1. The first kappa shape index (κ1) is 18.5. The molecule has 0 bridgehead atoms. The fraction of sp³-hybridized carbons (Fsp3) is 0. The van der Waals surface area contributed by atoms with Gasteiger partial charge in [0.05, 0.1) is 31.9 Å². The van der Waals surface area contributed by atoms with E-state index in [0.717, 1.165) is 0 Å². The minimum absolute atomic E-state index is 0.0101. The van der Waals surface area contributed by atoms with Crippen LogP contribution in [-0.4, -0.2) is 22.1 Å². The Bertz CT molecular complexity index is 843. The van der Waals surface area contributed by atoms with Crippen LogP contribution >= 0.6 is 47.0 Å². The van der Waals surface area contributed by atoms with Crippen LogP contribution in [0.15, 0.2) is 36.4 Å². The first-order valence-corrected chi connectivity index (χ1v) is 7.93. The molecule has 124 valence electrons. The fourth-order valence-corrected chi connectivity index (χ4v) is 2.71. The van der Waals surface area contributed by atoms with Crippen molar-refractivity contribution in [3.63, 3.8) is 0 Å². The van der Waals surface area contributed by atoms with Crippen molar-refractivity contribution < 1.29 is 14.7 Å². The zero-order valence-corrected chi connectivity index (χ0v) is 14.9. The Labute approximate surface area is 157 Å². The third kappa shape index (κ3) is 4.36. The molecule has 2 aromatic carbocycles. The second kappa shape index (κ2) is 7.81. The summed E-state index contributed by atoms with van der Waals surface area (Å²) in [5.74, 6) is -1.73. The minimum Gasteiger partial charge on any atom is -0.478 e. The molecule has 2 rings (SSSR count). The Morgan fingerprint density at radius 3 is 2.25 bits per heavy atom. The van der Waals surface area contributed by atoms with Crippen LogP contribution in [0.5, 0.6) is 0 Å². The van der Waals surface area contributed by atoms with Gasteiger partial charge in [0.25, 0.3) is 5.91 Å². The zero-order chi connectivity index (χ0) is 17.9. The molecule has 1 amide bonds. The number of amides is 1. The van der Waals surface area contributed by atoms with E-state index in [9.17, 15) is 9.59 Å². The molecule has 0 aliphatic heterocycles. The largest absolute Gasteiger partial charge is 0.478 e. The molecule has 0 saturated heterocycles. The number of carbonyl (C=O) groups is 2. The summed E-state index contributed by atoms with van der Waals surface area (Å²) in [7, 11) is 0. The van der Waals surface area contributed by atoms with Crippen molar-refractivity contribution in [1.29, 1.82) is 0 Å². The number of carboxylic acid groups (broad SMARTS) is 1. The van der Waals surface area contributed by atoms with Crippen LogP contribution in [0.25, 0.3) is 0 Å². The highest BCUT2D eigenvalue weighted by molar-refractivity contribution is 7.80. The van der Waals surface area contributed by atoms with Gasteiger partial charge in [-0.25, -0.2) is 4.79 Å². The van der Waals surface area contributed by atoms with E-state index in [0.29, 0.717) is 0 Å². The molecular formula is C15H9Cl3N2O3S. The van der Waals surface area contributed by atoms with Crippen molar-refractivity contribution in [2.45, 2.75) is 0 Å². The molecule has 24 heavy (non-hydrogen) atoms. The first-order valence-electron chi connectivity index (χ1n) is 6.38. The summed E-state index contributed by atoms with van der Waals surface area (Å²) in [5, 5.41) is 14.5. The average molecular weight is 404 g/mol. The van der Waals surface area contributed by atoms with E-state index in [1.165, 1.54) is 18.2 Å². The monoisotopic (exact) mass is 402 g/mol. The minimum atomic E-state index is -1.22. The molecular weight excluding hydrogens is 395 g/mol. The molecule has 0 heterocycles. The van der Waals surface area contributed by atoms with E-state index in [1.54, 1.807) is 18.2 Å². The van der Waals surface area contributed by atoms with Crippen LogP contribution in [-0.2, 0) is 0 Å². The number of benzene rings is 2. The topological polar surface area (TPSA) is 78.4 Å². The van der Waals surface area contributed by atoms with Gasteiger partial charge >= 0.3 is 5.97 Å². The van der Waals surface area contributed by atoms with Crippen molar-refractivity contribution >= 4 is 69.7 Å². The summed E-state index contributed by atoms with van der Waals surface area (Å²) >= 11 is 22.8. The molecule has 0 fully saturated rings. The smallest absolute Gasteiger partial charge is 0.337 e. The quantitative estimate of drug-likeness (QED) is 0.659. The number of halogens is 3.